The Morgan fingerprint density at radius 2 is 1.65 bits per heavy atom. The van der Waals surface area contributed by atoms with Crippen LogP contribution in [0.3, 0.4) is 0 Å². The number of hydrogen-bond donors (Lipinski definition) is 0. The van der Waals surface area contributed by atoms with E-state index in [1.54, 1.807) is 7.11 Å². The van der Waals surface area contributed by atoms with Crippen molar-refractivity contribution in [2.24, 2.45) is 5.16 Å². The predicted molar refractivity (Wildman–Crippen MR) is 97.0 cm³/mol. The molecule has 2 aromatic carbocycles. The van der Waals surface area contributed by atoms with Crippen LogP contribution in [0, 0.1) is 6.92 Å². The Morgan fingerprint density at radius 3 is 2.17 bits per heavy atom. The Bertz CT molecular complexity index is 647. The molecule has 1 atom stereocenters. The minimum atomic E-state index is -0.271. The summed E-state index contributed by atoms with van der Waals surface area (Å²) in [5.41, 5.74) is 4.27. The zero-order chi connectivity index (χ0) is 16.9. The smallest absolute Gasteiger partial charge is 0.107 e. The molecule has 0 aliphatic carbocycles. The van der Waals surface area contributed by atoms with Gasteiger partial charge in [0.25, 0.3) is 0 Å². The largest absolute Gasteiger partial charge is 0.399 e. The number of benzene rings is 2. The first-order valence-corrected chi connectivity index (χ1v) is 7.87. The molecule has 23 heavy (non-hydrogen) atoms. The molecule has 0 spiro atoms. The molecule has 0 aliphatic rings. The topological polar surface area (TPSA) is 24.8 Å². The third kappa shape index (κ3) is 3.99. The molecule has 0 radical (unpaired) electrons. The van der Waals surface area contributed by atoms with Gasteiger partial charge in [-0.2, -0.15) is 0 Å². The summed E-state index contributed by atoms with van der Waals surface area (Å²) in [4.78, 5) is 7.39. The molecule has 0 aliphatic heterocycles. The van der Waals surface area contributed by atoms with Crippen LogP contribution in [0.2, 0.25) is 0 Å². The number of oxime groups is 1. The van der Waals surface area contributed by atoms with E-state index in [0.717, 1.165) is 17.7 Å². The second-order valence-corrected chi connectivity index (χ2v) is 6.32. The molecule has 2 aromatic rings. The highest BCUT2D eigenvalue weighted by molar-refractivity contribution is 6.07. The molecular weight excluding hydrogens is 284 g/mol. The molecule has 0 heterocycles. The lowest BCUT2D eigenvalue weighted by Crippen LogP contribution is -2.50. The average Bonchev–Trinajstić information content (AvgIpc) is 2.54. The Kier molecular flexibility index (Phi) is 5.56. The molecule has 0 N–H and O–H groups in total. The number of aryl methyl sites for hydroxylation is 1. The van der Waals surface area contributed by atoms with Crippen molar-refractivity contribution in [2.75, 3.05) is 21.2 Å². The summed E-state index contributed by atoms with van der Waals surface area (Å²) in [5.74, 6) is 0. The molecule has 1 unspecified atom stereocenters. The molecule has 0 amide bonds. The first kappa shape index (κ1) is 17.2. The molecule has 0 saturated carbocycles. The Labute approximate surface area is 139 Å². The summed E-state index contributed by atoms with van der Waals surface area (Å²) in [6, 6.07) is 18.9. The first-order valence-electron chi connectivity index (χ1n) is 7.87. The fourth-order valence-corrected chi connectivity index (χ4v) is 2.71. The van der Waals surface area contributed by atoms with Crippen LogP contribution in [0.4, 0.5) is 0 Å². The van der Waals surface area contributed by atoms with Gasteiger partial charge in [0.2, 0.25) is 0 Å². The van der Waals surface area contributed by atoms with Crippen LogP contribution in [0.1, 0.15) is 23.6 Å². The van der Waals surface area contributed by atoms with Crippen molar-refractivity contribution in [3.8, 4) is 0 Å². The van der Waals surface area contributed by atoms with E-state index in [4.69, 9.17) is 4.84 Å². The number of hydrogen-bond acceptors (Lipinski definition) is 3. The molecule has 0 aromatic heterocycles. The van der Waals surface area contributed by atoms with Crippen molar-refractivity contribution in [1.82, 2.24) is 4.90 Å². The van der Waals surface area contributed by atoms with Gasteiger partial charge in [-0.05, 0) is 39.9 Å². The van der Waals surface area contributed by atoms with Gasteiger partial charge in [-0.25, -0.2) is 0 Å². The second kappa shape index (κ2) is 7.42. The fraction of sp³-hybridized carbons (Fsp3) is 0.350. The fourth-order valence-electron chi connectivity index (χ4n) is 2.71. The van der Waals surface area contributed by atoms with Crippen LogP contribution >= 0.6 is 0 Å². The Hall–Kier alpha value is -2.13. The van der Waals surface area contributed by atoms with Gasteiger partial charge >= 0.3 is 0 Å². The maximum Gasteiger partial charge on any atom is 0.107 e. The van der Waals surface area contributed by atoms with E-state index in [0.29, 0.717) is 0 Å². The molecule has 0 saturated heterocycles. The lowest BCUT2D eigenvalue weighted by molar-refractivity contribution is 0.195. The van der Waals surface area contributed by atoms with Crippen molar-refractivity contribution < 1.29 is 4.84 Å². The molecule has 3 heteroatoms. The molecule has 0 fully saturated rings. The molecule has 3 nitrogen and oxygen atoms in total. The minimum absolute atomic E-state index is 0.271. The van der Waals surface area contributed by atoms with Crippen LogP contribution in [0.5, 0.6) is 0 Å². The van der Waals surface area contributed by atoms with Gasteiger partial charge in [0.1, 0.15) is 12.8 Å². The second-order valence-electron chi connectivity index (χ2n) is 6.32. The summed E-state index contributed by atoms with van der Waals surface area (Å²) < 4.78 is 0. The molecule has 2 rings (SSSR count). The Balaban J connectivity index is 2.46. The van der Waals surface area contributed by atoms with Crippen LogP contribution in [-0.4, -0.2) is 37.4 Å². The van der Waals surface area contributed by atoms with E-state index in [9.17, 15) is 0 Å². The van der Waals surface area contributed by atoms with Crippen molar-refractivity contribution in [2.45, 2.75) is 25.8 Å². The van der Waals surface area contributed by atoms with Gasteiger partial charge < -0.3 is 4.84 Å². The van der Waals surface area contributed by atoms with E-state index < -0.39 is 0 Å². The third-order valence-corrected chi connectivity index (χ3v) is 4.40. The zero-order valence-corrected chi connectivity index (χ0v) is 14.7. The van der Waals surface area contributed by atoms with Gasteiger partial charge in [0, 0.05) is 5.56 Å². The van der Waals surface area contributed by atoms with E-state index >= 15 is 0 Å². The van der Waals surface area contributed by atoms with Crippen LogP contribution < -0.4 is 0 Å². The third-order valence-electron chi connectivity index (χ3n) is 4.40. The van der Waals surface area contributed by atoms with Gasteiger partial charge in [-0.3, -0.25) is 4.90 Å². The maximum absolute atomic E-state index is 5.18. The van der Waals surface area contributed by atoms with Crippen LogP contribution in [0.15, 0.2) is 59.8 Å². The number of likely N-dealkylation sites (N-methyl/N-ethyl adjacent to an activating group) is 1. The molecular formula is C20H26N2O. The average molecular weight is 310 g/mol. The lowest BCUT2D eigenvalue weighted by atomic mass is 9.83. The predicted octanol–water partition coefficient (Wildman–Crippen LogP) is 3.91. The maximum atomic E-state index is 5.18. The Morgan fingerprint density at radius 1 is 1.04 bits per heavy atom. The van der Waals surface area contributed by atoms with Gasteiger partial charge in [-0.15, -0.1) is 0 Å². The molecule has 0 bridgehead atoms. The van der Waals surface area contributed by atoms with E-state index in [2.05, 4.69) is 86.5 Å². The number of rotatable bonds is 6. The zero-order valence-electron chi connectivity index (χ0n) is 14.7. The van der Waals surface area contributed by atoms with E-state index in [-0.39, 0.29) is 5.54 Å². The summed E-state index contributed by atoms with van der Waals surface area (Å²) in [5, 5.41) is 4.39. The highest BCUT2D eigenvalue weighted by Crippen LogP contribution is 2.25. The highest BCUT2D eigenvalue weighted by atomic mass is 16.6. The van der Waals surface area contributed by atoms with Gasteiger partial charge in [0.05, 0.1) is 5.54 Å². The summed E-state index contributed by atoms with van der Waals surface area (Å²) in [6.45, 7) is 4.30. The SMILES string of the molecule is CO/N=C(\c1ccc(C)cc1)C(C)(Cc1ccccc1)N(C)C. The quantitative estimate of drug-likeness (QED) is 0.597. The normalized spacial score (nSPS) is 14.6. The van der Waals surface area contributed by atoms with Crippen molar-refractivity contribution >= 4 is 5.71 Å². The van der Waals surface area contributed by atoms with Crippen molar-refractivity contribution in [1.29, 1.82) is 0 Å². The summed E-state index contributed by atoms with van der Waals surface area (Å²) >= 11 is 0. The summed E-state index contributed by atoms with van der Waals surface area (Å²) in [7, 11) is 5.78. The van der Waals surface area contributed by atoms with E-state index in [1.165, 1.54) is 11.1 Å². The first-order chi connectivity index (χ1) is 11.0. The van der Waals surface area contributed by atoms with Gasteiger partial charge in [0.15, 0.2) is 0 Å². The van der Waals surface area contributed by atoms with Crippen molar-refractivity contribution in [3.63, 3.8) is 0 Å². The standard InChI is InChI=1S/C20H26N2O/c1-16-11-13-18(14-12-16)19(21-23-5)20(2,22(3)4)15-17-9-7-6-8-10-17/h6-14H,15H2,1-5H3/b21-19+. The van der Waals surface area contributed by atoms with E-state index in [1.807, 2.05) is 6.07 Å². The highest BCUT2D eigenvalue weighted by Gasteiger charge is 2.35. The monoisotopic (exact) mass is 310 g/mol. The lowest BCUT2D eigenvalue weighted by Gasteiger charge is -2.37. The van der Waals surface area contributed by atoms with Crippen LogP contribution in [-0.2, 0) is 11.3 Å². The summed E-state index contributed by atoms with van der Waals surface area (Å²) in [6.07, 6.45) is 0.858. The van der Waals surface area contributed by atoms with Crippen molar-refractivity contribution in [3.05, 3.63) is 71.3 Å². The van der Waals surface area contributed by atoms with Crippen LogP contribution in [0.25, 0.3) is 0 Å². The minimum Gasteiger partial charge on any atom is -0.399 e. The molecule has 122 valence electrons. The van der Waals surface area contributed by atoms with Gasteiger partial charge in [-0.1, -0.05) is 65.3 Å². The number of nitrogens with zero attached hydrogens (tertiary/aromatic N) is 2.